The van der Waals surface area contributed by atoms with Gasteiger partial charge in [-0.05, 0) is 17.4 Å². The number of carbonyl (C=O) groups excluding carboxylic acids is 1. The number of nitro benzene ring substituents is 1. The third-order valence-electron chi connectivity index (χ3n) is 3.08. The highest BCUT2D eigenvalue weighted by atomic mass is 16.6. The first-order valence-corrected chi connectivity index (χ1v) is 6.48. The fraction of sp³-hybridized carbons (Fsp3) is 0.500. The Labute approximate surface area is 118 Å². The lowest BCUT2D eigenvalue weighted by atomic mass is 9.87. The lowest BCUT2D eigenvalue weighted by molar-refractivity contribution is -0.384. The quantitative estimate of drug-likeness (QED) is 0.632. The Balaban J connectivity index is 2.45. The van der Waals surface area contributed by atoms with Gasteiger partial charge in [-0.3, -0.25) is 14.9 Å². The van der Waals surface area contributed by atoms with E-state index in [1.165, 1.54) is 12.1 Å². The number of benzene rings is 1. The van der Waals surface area contributed by atoms with Crippen LogP contribution in [0.15, 0.2) is 24.3 Å². The number of hydrogen-bond donors (Lipinski definition) is 2. The zero-order valence-electron chi connectivity index (χ0n) is 12.1. The molecule has 110 valence electrons. The predicted molar refractivity (Wildman–Crippen MR) is 77.2 cm³/mol. The average Bonchev–Trinajstić information content (AvgIpc) is 2.37. The summed E-state index contributed by atoms with van der Waals surface area (Å²) in [5.41, 5.74) is 6.55. The van der Waals surface area contributed by atoms with Crippen LogP contribution in [0, 0.1) is 15.5 Å². The highest BCUT2D eigenvalue weighted by Gasteiger charge is 2.26. The summed E-state index contributed by atoms with van der Waals surface area (Å²) in [5, 5.41) is 13.3. The van der Waals surface area contributed by atoms with Gasteiger partial charge in [-0.1, -0.05) is 32.9 Å². The van der Waals surface area contributed by atoms with Crippen molar-refractivity contribution >= 4 is 11.6 Å². The van der Waals surface area contributed by atoms with E-state index in [-0.39, 0.29) is 17.0 Å². The summed E-state index contributed by atoms with van der Waals surface area (Å²) in [5.74, 6) is -0.181. The van der Waals surface area contributed by atoms with Crippen molar-refractivity contribution in [1.82, 2.24) is 5.32 Å². The molecule has 0 aromatic heterocycles. The SMILES string of the molecule is CC(C)(C)[C@H](N)C(=O)NCCc1ccc([N+](=O)[O-])cc1. The minimum atomic E-state index is -0.556. The van der Waals surface area contributed by atoms with Gasteiger partial charge in [-0.15, -0.1) is 0 Å². The molecule has 0 bridgehead atoms. The Bertz CT molecular complexity index is 477. The first-order chi connectivity index (χ1) is 9.21. The monoisotopic (exact) mass is 279 g/mol. The van der Waals surface area contributed by atoms with Crippen LogP contribution in [-0.2, 0) is 11.2 Å². The van der Waals surface area contributed by atoms with Crippen LogP contribution in [0.1, 0.15) is 26.3 Å². The van der Waals surface area contributed by atoms with Gasteiger partial charge < -0.3 is 11.1 Å². The molecule has 1 atom stereocenters. The maximum atomic E-state index is 11.8. The van der Waals surface area contributed by atoms with Gasteiger partial charge in [0.1, 0.15) is 0 Å². The molecule has 0 saturated carbocycles. The molecule has 6 nitrogen and oxygen atoms in total. The Kier molecular flexibility index (Phi) is 5.21. The van der Waals surface area contributed by atoms with Gasteiger partial charge in [-0.2, -0.15) is 0 Å². The minimum Gasteiger partial charge on any atom is -0.354 e. The van der Waals surface area contributed by atoms with Gasteiger partial charge in [0.15, 0.2) is 0 Å². The number of nitrogens with one attached hydrogen (secondary N) is 1. The summed E-state index contributed by atoms with van der Waals surface area (Å²) in [7, 11) is 0. The van der Waals surface area contributed by atoms with Crippen LogP contribution >= 0.6 is 0 Å². The highest BCUT2D eigenvalue weighted by Crippen LogP contribution is 2.17. The topological polar surface area (TPSA) is 98.3 Å². The summed E-state index contributed by atoms with van der Waals surface area (Å²) >= 11 is 0. The van der Waals surface area contributed by atoms with Crippen LogP contribution in [0.4, 0.5) is 5.69 Å². The third kappa shape index (κ3) is 4.62. The number of nitro groups is 1. The van der Waals surface area contributed by atoms with E-state index in [2.05, 4.69) is 5.32 Å². The third-order valence-corrected chi connectivity index (χ3v) is 3.08. The van der Waals surface area contributed by atoms with Crippen LogP contribution in [0.25, 0.3) is 0 Å². The summed E-state index contributed by atoms with van der Waals surface area (Å²) in [6.07, 6.45) is 0.612. The van der Waals surface area contributed by atoms with Crippen molar-refractivity contribution in [3.8, 4) is 0 Å². The molecule has 6 heteroatoms. The van der Waals surface area contributed by atoms with E-state index >= 15 is 0 Å². The van der Waals surface area contributed by atoms with E-state index in [4.69, 9.17) is 5.73 Å². The summed E-state index contributed by atoms with van der Waals surface area (Å²) in [6.45, 7) is 6.19. The Morgan fingerprint density at radius 1 is 1.35 bits per heavy atom. The first kappa shape index (κ1) is 16.1. The van der Waals surface area contributed by atoms with Crippen LogP contribution in [0.3, 0.4) is 0 Å². The molecular formula is C14H21N3O3. The molecule has 3 N–H and O–H groups in total. The number of nitrogens with two attached hydrogens (primary N) is 1. The molecule has 1 rings (SSSR count). The molecule has 0 fully saturated rings. The molecule has 1 aromatic carbocycles. The lowest BCUT2D eigenvalue weighted by Crippen LogP contribution is -2.48. The van der Waals surface area contributed by atoms with Crippen LogP contribution in [0.5, 0.6) is 0 Å². The number of hydrogen-bond acceptors (Lipinski definition) is 4. The van der Waals surface area contributed by atoms with Crippen LogP contribution in [0.2, 0.25) is 0 Å². The van der Waals surface area contributed by atoms with Crippen molar-refractivity contribution in [1.29, 1.82) is 0 Å². The maximum Gasteiger partial charge on any atom is 0.269 e. The fourth-order valence-electron chi connectivity index (χ4n) is 1.62. The molecule has 0 spiro atoms. The molecule has 0 unspecified atom stereocenters. The second kappa shape index (κ2) is 6.47. The predicted octanol–water partition coefficient (Wildman–Crippen LogP) is 1.63. The molecule has 0 heterocycles. The number of amides is 1. The van der Waals surface area contributed by atoms with Crippen LogP contribution < -0.4 is 11.1 Å². The fourth-order valence-corrected chi connectivity index (χ4v) is 1.62. The van der Waals surface area contributed by atoms with Gasteiger partial charge in [0, 0.05) is 18.7 Å². The maximum absolute atomic E-state index is 11.8. The molecule has 0 saturated heterocycles. The van der Waals surface area contributed by atoms with Crippen molar-refractivity contribution < 1.29 is 9.72 Å². The normalized spacial score (nSPS) is 12.8. The van der Waals surface area contributed by atoms with Crippen LogP contribution in [-0.4, -0.2) is 23.4 Å². The lowest BCUT2D eigenvalue weighted by Gasteiger charge is -2.25. The van der Waals surface area contributed by atoms with E-state index in [1.807, 2.05) is 20.8 Å². The standard InChI is InChI=1S/C14H21N3O3/c1-14(2,3)12(15)13(18)16-9-8-10-4-6-11(7-5-10)17(19)20/h4-7,12H,8-9,15H2,1-3H3,(H,16,18)/t12-/m1/s1. The summed E-state index contributed by atoms with van der Waals surface area (Å²) in [4.78, 5) is 21.9. The second-order valence-electron chi connectivity index (χ2n) is 5.81. The molecule has 0 aliphatic rings. The van der Waals surface area contributed by atoms with Gasteiger partial charge in [0.25, 0.3) is 5.69 Å². The van der Waals surface area contributed by atoms with Crippen molar-refractivity contribution in [3.63, 3.8) is 0 Å². The van der Waals surface area contributed by atoms with E-state index in [9.17, 15) is 14.9 Å². The van der Waals surface area contributed by atoms with E-state index in [0.717, 1.165) is 5.56 Å². The molecule has 1 aromatic rings. The number of nitrogens with zero attached hydrogens (tertiary/aromatic N) is 1. The molecule has 0 aliphatic heterocycles. The Hall–Kier alpha value is -1.95. The number of carbonyl (C=O) groups is 1. The van der Waals surface area contributed by atoms with Crippen molar-refractivity contribution in [2.75, 3.05) is 6.54 Å². The smallest absolute Gasteiger partial charge is 0.269 e. The van der Waals surface area contributed by atoms with Gasteiger partial charge in [-0.25, -0.2) is 0 Å². The molecule has 1 amide bonds. The Morgan fingerprint density at radius 3 is 2.35 bits per heavy atom. The number of non-ortho nitro benzene ring substituents is 1. The highest BCUT2D eigenvalue weighted by molar-refractivity contribution is 5.82. The zero-order chi connectivity index (χ0) is 15.3. The van der Waals surface area contributed by atoms with Gasteiger partial charge in [0.05, 0.1) is 11.0 Å². The van der Waals surface area contributed by atoms with Crippen molar-refractivity contribution in [3.05, 3.63) is 39.9 Å². The molecule has 0 aliphatic carbocycles. The van der Waals surface area contributed by atoms with Gasteiger partial charge >= 0.3 is 0 Å². The average molecular weight is 279 g/mol. The number of rotatable bonds is 5. The van der Waals surface area contributed by atoms with E-state index in [0.29, 0.717) is 13.0 Å². The van der Waals surface area contributed by atoms with Gasteiger partial charge in [0.2, 0.25) is 5.91 Å². The first-order valence-electron chi connectivity index (χ1n) is 6.48. The largest absolute Gasteiger partial charge is 0.354 e. The molecule has 20 heavy (non-hydrogen) atoms. The molecular weight excluding hydrogens is 258 g/mol. The second-order valence-corrected chi connectivity index (χ2v) is 5.81. The van der Waals surface area contributed by atoms with E-state index in [1.54, 1.807) is 12.1 Å². The zero-order valence-corrected chi connectivity index (χ0v) is 12.1. The minimum absolute atomic E-state index is 0.0625. The van der Waals surface area contributed by atoms with E-state index < -0.39 is 11.0 Å². The Morgan fingerprint density at radius 2 is 1.90 bits per heavy atom. The summed E-state index contributed by atoms with van der Waals surface area (Å²) in [6, 6.07) is 5.73. The molecule has 0 radical (unpaired) electrons. The van der Waals surface area contributed by atoms with Crippen molar-refractivity contribution in [2.24, 2.45) is 11.1 Å². The van der Waals surface area contributed by atoms with Crippen molar-refractivity contribution in [2.45, 2.75) is 33.2 Å². The summed E-state index contributed by atoms with van der Waals surface area (Å²) < 4.78 is 0.